The van der Waals surface area contributed by atoms with Crippen molar-refractivity contribution in [3.63, 3.8) is 0 Å². The molecule has 0 unspecified atom stereocenters. The van der Waals surface area contributed by atoms with Gasteiger partial charge < -0.3 is 9.80 Å². The fourth-order valence-electron chi connectivity index (χ4n) is 8.64. The summed E-state index contributed by atoms with van der Waals surface area (Å²) in [5, 5.41) is 3.00. The second kappa shape index (κ2) is 22.1. The number of benzene rings is 10. The molecule has 0 amide bonds. The largest absolute Gasteiger partial charge is 0.310 e. The number of para-hydroxylation sites is 4. The smallest absolute Gasteiger partial charge is 0.197 e. The van der Waals surface area contributed by atoms with E-state index in [9.17, 15) is 9.59 Å². The summed E-state index contributed by atoms with van der Waals surface area (Å²) >= 11 is 10.2. The van der Waals surface area contributed by atoms with Gasteiger partial charge in [0.1, 0.15) is 0 Å². The highest BCUT2D eigenvalue weighted by Crippen LogP contribution is 2.41. The number of fused-ring (bicyclic) bond motifs is 4. The van der Waals surface area contributed by atoms with Crippen LogP contribution < -0.4 is 20.7 Å². The summed E-state index contributed by atoms with van der Waals surface area (Å²) in [4.78, 5) is 31.0. The molecule has 0 saturated heterocycles. The zero-order chi connectivity index (χ0) is 48.5. The minimum absolute atomic E-state index is 0.0405. The van der Waals surface area contributed by atoms with Gasteiger partial charge in [-0.05, 0) is 143 Å². The summed E-state index contributed by atoms with van der Waals surface area (Å²) in [6.45, 7) is 0. The van der Waals surface area contributed by atoms with Crippen LogP contribution >= 0.6 is 54.5 Å². The molecule has 0 aliphatic heterocycles. The van der Waals surface area contributed by atoms with Crippen LogP contribution in [0.1, 0.15) is 11.1 Å². The maximum Gasteiger partial charge on any atom is 0.197 e. The van der Waals surface area contributed by atoms with Gasteiger partial charge in [0, 0.05) is 67.0 Å². The number of rotatable bonds is 8. The molecule has 0 saturated carbocycles. The van der Waals surface area contributed by atoms with Gasteiger partial charge in [0.05, 0.1) is 16.5 Å². The van der Waals surface area contributed by atoms with E-state index in [2.05, 4.69) is 169 Å². The predicted molar refractivity (Wildman–Crippen MR) is 312 cm³/mol. The topological polar surface area (TPSA) is 40.6 Å². The number of halogens is 2. The molecule has 0 aliphatic rings. The maximum absolute atomic E-state index is 14.3. The molecule has 12 rings (SSSR count). The Morgan fingerprint density at radius 2 is 0.746 bits per heavy atom. The van der Waals surface area contributed by atoms with E-state index in [4.69, 9.17) is 0 Å². The quantitative estimate of drug-likeness (QED) is 0.142. The molecule has 344 valence electrons. The molecule has 0 spiro atoms. The maximum atomic E-state index is 14.3. The van der Waals surface area contributed by atoms with E-state index >= 15 is 0 Å². The lowest BCUT2D eigenvalue weighted by atomic mass is 10.1. The van der Waals surface area contributed by atoms with Gasteiger partial charge in [0.2, 0.25) is 0 Å². The lowest BCUT2D eigenvalue weighted by Gasteiger charge is -2.27. The molecular weight excluding hydrogens is 1040 g/mol. The number of anilines is 6. The van der Waals surface area contributed by atoms with E-state index in [1.807, 2.05) is 127 Å². The first-order chi connectivity index (χ1) is 34.9. The van der Waals surface area contributed by atoms with Crippen molar-refractivity contribution < 1.29 is 0 Å². The van der Waals surface area contributed by atoms with Crippen LogP contribution in [-0.2, 0) is 6.42 Å². The Morgan fingerprint density at radius 1 is 0.338 bits per heavy atom. The SMILES string of the molecule is O=c1c2ccc(Br)cc2sc2cccc(Br)c12.O=c1c2ccc(N(c3ccccc3)c3ccccc3)cc2sc2cccc(N(c3ccccc3)c3ccccc3)c12.c1ccc(Cc2ccccc2)cc1. The highest BCUT2D eigenvalue weighted by atomic mass is 79.9. The number of hydrogen-bond donors (Lipinski definition) is 0. The van der Waals surface area contributed by atoms with Gasteiger partial charge in [0.25, 0.3) is 0 Å². The standard InChI is InChI=1S/C37H26N2OS.C13H6Br2OS.C13H12/c40-37-32-25-24-31(38(27-14-5-1-6-15-27)28-16-7-2-8-17-28)26-35(32)41-34-23-13-22-33(36(34)37)39(29-18-9-3-10-19-29)30-20-11-4-12-21-30;14-7-4-5-8-11(6-7)17-10-3-1-2-9(15)12(10)13(8)16;1-3-7-12(8-4-1)11-13-9-5-2-6-10-13/h1-26H;1-6H;1-10H,11H2. The van der Waals surface area contributed by atoms with Gasteiger partial charge in [-0.3, -0.25) is 9.59 Å². The lowest BCUT2D eigenvalue weighted by molar-refractivity contribution is 1.19. The molecular formula is C63H44Br2N2O2S2. The molecule has 0 radical (unpaired) electrons. The van der Waals surface area contributed by atoms with E-state index in [0.29, 0.717) is 0 Å². The number of hydrogen-bond acceptors (Lipinski definition) is 6. The lowest BCUT2D eigenvalue weighted by Crippen LogP contribution is -2.14. The third-order valence-corrected chi connectivity index (χ3v) is 15.3. The van der Waals surface area contributed by atoms with Crippen LogP contribution in [0.5, 0.6) is 0 Å². The Morgan fingerprint density at radius 3 is 1.25 bits per heavy atom. The molecule has 0 bridgehead atoms. The average Bonchev–Trinajstić information content (AvgIpc) is 3.41. The third kappa shape index (κ3) is 10.7. The first kappa shape index (κ1) is 47.2. The third-order valence-electron chi connectivity index (χ3n) is 11.9. The molecule has 71 heavy (non-hydrogen) atoms. The summed E-state index contributed by atoms with van der Waals surface area (Å²) in [5.41, 5.74) is 8.90. The molecule has 10 aromatic carbocycles. The summed E-state index contributed by atoms with van der Waals surface area (Å²) in [6.07, 6.45) is 1.03. The van der Waals surface area contributed by atoms with Crippen molar-refractivity contribution in [3.05, 3.63) is 295 Å². The molecule has 4 nitrogen and oxygen atoms in total. The molecule has 0 aliphatic carbocycles. The molecule has 8 heteroatoms. The monoisotopic (exact) mass is 1080 g/mol. The summed E-state index contributed by atoms with van der Waals surface area (Å²) < 4.78 is 5.79. The first-order valence-electron chi connectivity index (χ1n) is 23.1. The van der Waals surface area contributed by atoms with Crippen molar-refractivity contribution in [3.8, 4) is 0 Å². The zero-order valence-electron chi connectivity index (χ0n) is 38.2. The van der Waals surface area contributed by atoms with Crippen molar-refractivity contribution in [1.82, 2.24) is 0 Å². The van der Waals surface area contributed by atoms with Gasteiger partial charge in [-0.15, -0.1) is 22.7 Å². The molecule has 0 atom stereocenters. The van der Waals surface area contributed by atoms with Crippen LogP contribution in [0, 0.1) is 0 Å². The van der Waals surface area contributed by atoms with Gasteiger partial charge in [0.15, 0.2) is 10.9 Å². The Kier molecular flexibility index (Phi) is 14.7. The molecule has 12 aromatic rings. The Balaban J connectivity index is 0.000000157. The fourth-order valence-corrected chi connectivity index (χ4v) is 12.1. The van der Waals surface area contributed by atoms with Gasteiger partial charge in [-0.25, -0.2) is 0 Å². The van der Waals surface area contributed by atoms with E-state index in [0.717, 1.165) is 89.8 Å². The molecule has 0 fully saturated rings. The second-order valence-corrected chi connectivity index (χ2v) is 20.5. The highest BCUT2D eigenvalue weighted by molar-refractivity contribution is 9.11. The van der Waals surface area contributed by atoms with Gasteiger partial charge in [-0.1, -0.05) is 162 Å². The minimum atomic E-state index is 0.0405. The van der Waals surface area contributed by atoms with Crippen molar-refractivity contribution in [2.45, 2.75) is 6.42 Å². The van der Waals surface area contributed by atoms with E-state index in [1.54, 1.807) is 22.7 Å². The first-order valence-corrected chi connectivity index (χ1v) is 26.3. The van der Waals surface area contributed by atoms with Crippen LogP contribution in [0.3, 0.4) is 0 Å². The van der Waals surface area contributed by atoms with Crippen LogP contribution in [0.15, 0.2) is 273 Å². The van der Waals surface area contributed by atoms with E-state index < -0.39 is 0 Å². The Bertz CT molecular complexity index is 3740. The van der Waals surface area contributed by atoms with Gasteiger partial charge in [-0.2, -0.15) is 0 Å². The summed E-state index contributed by atoms with van der Waals surface area (Å²) in [5.74, 6) is 0. The average molecular weight is 1080 g/mol. The number of nitrogens with zero attached hydrogens (tertiary/aromatic N) is 2. The molecule has 2 heterocycles. The van der Waals surface area contributed by atoms with E-state index in [-0.39, 0.29) is 10.9 Å². The normalized spacial score (nSPS) is 10.8. The molecule has 2 aromatic heterocycles. The van der Waals surface area contributed by atoms with Crippen LogP contribution in [0.2, 0.25) is 0 Å². The van der Waals surface area contributed by atoms with Crippen molar-refractivity contribution in [1.29, 1.82) is 0 Å². The molecule has 0 N–H and O–H groups in total. The van der Waals surface area contributed by atoms with Crippen molar-refractivity contribution >= 4 is 129 Å². The Labute approximate surface area is 437 Å². The fraction of sp³-hybridized carbons (Fsp3) is 0.0159. The van der Waals surface area contributed by atoms with Crippen molar-refractivity contribution in [2.75, 3.05) is 9.80 Å². The zero-order valence-corrected chi connectivity index (χ0v) is 43.0. The van der Waals surface area contributed by atoms with Crippen LogP contribution in [0.25, 0.3) is 40.3 Å². The predicted octanol–water partition coefficient (Wildman–Crippen LogP) is 18.6. The summed E-state index contributed by atoms with van der Waals surface area (Å²) in [6, 6.07) is 86.1. The summed E-state index contributed by atoms with van der Waals surface area (Å²) in [7, 11) is 0. The van der Waals surface area contributed by atoms with E-state index in [1.165, 1.54) is 11.1 Å². The second-order valence-electron chi connectivity index (χ2n) is 16.6. The minimum Gasteiger partial charge on any atom is -0.310 e. The Hall–Kier alpha value is -7.46. The highest BCUT2D eigenvalue weighted by Gasteiger charge is 2.20. The van der Waals surface area contributed by atoms with Crippen LogP contribution in [-0.4, -0.2) is 0 Å². The van der Waals surface area contributed by atoms with Crippen molar-refractivity contribution in [2.24, 2.45) is 0 Å². The van der Waals surface area contributed by atoms with Gasteiger partial charge >= 0.3 is 0 Å². The van der Waals surface area contributed by atoms with Crippen LogP contribution in [0.4, 0.5) is 34.1 Å².